The van der Waals surface area contributed by atoms with E-state index in [4.69, 9.17) is 4.74 Å². The summed E-state index contributed by atoms with van der Waals surface area (Å²) in [7, 11) is 0. The van der Waals surface area contributed by atoms with Crippen molar-refractivity contribution >= 4 is 11.7 Å². The molecule has 8 nitrogen and oxygen atoms in total. The van der Waals surface area contributed by atoms with Crippen molar-refractivity contribution < 1.29 is 9.53 Å². The first-order valence-corrected chi connectivity index (χ1v) is 12.1. The largest absolute Gasteiger partial charge is 0.359 e. The van der Waals surface area contributed by atoms with Crippen molar-refractivity contribution in [2.75, 3.05) is 6.54 Å². The van der Waals surface area contributed by atoms with E-state index in [1.54, 1.807) is 0 Å². The van der Waals surface area contributed by atoms with Gasteiger partial charge in [0.15, 0.2) is 5.82 Å². The van der Waals surface area contributed by atoms with Crippen molar-refractivity contribution in [3.05, 3.63) is 52.4 Å². The first kappa shape index (κ1) is 21.8. The highest BCUT2D eigenvalue weighted by atomic mass is 16.5. The third kappa shape index (κ3) is 4.19. The number of carbonyl (C=O) groups is 1. The van der Waals surface area contributed by atoms with Gasteiger partial charge in [-0.2, -0.15) is 9.50 Å². The number of H-pyrrole nitrogens is 1. The number of carbonyl (C=O) groups excluding carboxylic acids is 1. The predicted octanol–water partition coefficient (Wildman–Crippen LogP) is 3.71. The molecular formula is C25H31N5O3. The summed E-state index contributed by atoms with van der Waals surface area (Å²) in [6.07, 6.45) is 7.61. The standard InChI is InChI=1S/C25H31N5O3/c1-2-20-12-9-15-29(20)23(32)25(13-7-4-8-14-25)33-17-19-16-21(31)30-24(26-19)27-22(28-30)18-10-5-3-6-11-18/h3,5-6,10-11,16,20H,2,4,7-9,12-15,17H2,1H3,(H,26,27,28)/t20-/m0/s1. The van der Waals surface area contributed by atoms with E-state index in [1.807, 2.05) is 35.2 Å². The Morgan fingerprint density at radius 2 is 1.94 bits per heavy atom. The minimum Gasteiger partial charge on any atom is -0.359 e. The molecule has 1 aliphatic heterocycles. The van der Waals surface area contributed by atoms with Gasteiger partial charge >= 0.3 is 0 Å². The highest BCUT2D eigenvalue weighted by molar-refractivity contribution is 5.86. The summed E-state index contributed by atoms with van der Waals surface area (Å²) in [6, 6.07) is 11.4. The third-order valence-electron chi connectivity index (χ3n) is 7.09. The van der Waals surface area contributed by atoms with Crippen LogP contribution in [-0.2, 0) is 16.1 Å². The minimum atomic E-state index is -0.816. The van der Waals surface area contributed by atoms with Gasteiger partial charge in [-0.05, 0) is 32.1 Å². The van der Waals surface area contributed by atoms with E-state index in [-0.39, 0.29) is 18.1 Å². The monoisotopic (exact) mass is 449 g/mol. The summed E-state index contributed by atoms with van der Waals surface area (Å²) in [4.78, 5) is 37.5. The molecule has 1 saturated carbocycles. The number of hydrogen-bond acceptors (Lipinski definition) is 5. The second-order valence-electron chi connectivity index (χ2n) is 9.21. The fourth-order valence-electron chi connectivity index (χ4n) is 5.27. The molecule has 1 N–H and O–H groups in total. The molecule has 2 aliphatic rings. The van der Waals surface area contributed by atoms with Crippen molar-refractivity contribution in [2.24, 2.45) is 0 Å². The van der Waals surface area contributed by atoms with E-state index in [1.165, 1.54) is 10.6 Å². The van der Waals surface area contributed by atoms with Crippen LogP contribution in [-0.4, -0.2) is 48.6 Å². The lowest BCUT2D eigenvalue weighted by Crippen LogP contribution is -2.53. The fraction of sp³-hybridized carbons (Fsp3) is 0.520. The van der Waals surface area contributed by atoms with Crippen LogP contribution in [0.25, 0.3) is 17.2 Å². The Morgan fingerprint density at radius 1 is 1.15 bits per heavy atom. The molecule has 1 amide bonds. The number of fused-ring (bicyclic) bond motifs is 1. The van der Waals surface area contributed by atoms with Gasteiger partial charge in [-0.3, -0.25) is 14.7 Å². The molecule has 1 atom stereocenters. The van der Waals surface area contributed by atoms with Gasteiger partial charge in [-0.25, -0.2) is 4.98 Å². The minimum absolute atomic E-state index is 0.121. The Balaban J connectivity index is 1.39. The number of nitrogens with one attached hydrogen (secondary N) is 1. The highest BCUT2D eigenvalue weighted by Gasteiger charge is 2.45. The van der Waals surface area contributed by atoms with Crippen molar-refractivity contribution in [1.29, 1.82) is 0 Å². The number of ether oxygens (including phenoxy) is 1. The summed E-state index contributed by atoms with van der Waals surface area (Å²) >= 11 is 0. The van der Waals surface area contributed by atoms with Crippen LogP contribution in [0.1, 0.15) is 64.0 Å². The zero-order valence-electron chi connectivity index (χ0n) is 19.1. The highest BCUT2D eigenvalue weighted by Crippen LogP contribution is 2.36. The second kappa shape index (κ2) is 9.09. The number of aromatic nitrogens is 4. The Hall–Kier alpha value is -3.00. The van der Waals surface area contributed by atoms with E-state index in [0.29, 0.717) is 23.3 Å². The van der Waals surface area contributed by atoms with E-state index in [2.05, 4.69) is 22.0 Å². The number of aromatic amines is 1. The maximum atomic E-state index is 13.6. The molecule has 0 radical (unpaired) electrons. The summed E-state index contributed by atoms with van der Waals surface area (Å²) < 4.78 is 7.72. The molecule has 1 aromatic carbocycles. The van der Waals surface area contributed by atoms with E-state index < -0.39 is 5.60 Å². The number of hydrogen-bond donors (Lipinski definition) is 1. The molecule has 3 aromatic rings. The summed E-state index contributed by atoms with van der Waals surface area (Å²) in [6.45, 7) is 3.07. The molecular weight excluding hydrogens is 418 g/mol. The molecule has 8 heteroatoms. The maximum Gasteiger partial charge on any atom is 0.274 e. The molecule has 5 rings (SSSR count). The molecule has 0 unspecified atom stereocenters. The topological polar surface area (TPSA) is 92.6 Å². The zero-order chi connectivity index (χ0) is 22.8. The lowest BCUT2D eigenvalue weighted by atomic mass is 9.83. The maximum absolute atomic E-state index is 13.6. The first-order chi connectivity index (χ1) is 16.1. The summed E-state index contributed by atoms with van der Waals surface area (Å²) in [5.41, 5.74) is 0.312. The van der Waals surface area contributed by atoms with Gasteiger partial charge in [0.25, 0.3) is 17.2 Å². The van der Waals surface area contributed by atoms with Crippen molar-refractivity contribution in [3.8, 4) is 11.4 Å². The molecule has 1 aliphatic carbocycles. The van der Waals surface area contributed by atoms with Crippen LogP contribution >= 0.6 is 0 Å². The third-order valence-corrected chi connectivity index (χ3v) is 7.09. The predicted molar refractivity (Wildman–Crippen MR) is 125 cm³/mol. The molecule has 33 heavy (non-hydrogen) atoms. The summed E-state index contributed by atoms with van der Waals surface area (Å²) in [5.74, 6) is 1.00. The average Bonchev–Trinajstić information content (AvgIpc) is 3.51. The fourth-order valence-corrected chi connectivity index (χ4v) is 5.27. The number of rotatable bonds is 6. The number of likely N-dealkylation sites (tertiary alicyclic amines) is 1. The van der Waals surface area contributed by atoms with Crippen LogP contribution in [0.2, 0.25) is 0 Å². The van der Waals surface area contributed by atoms with Crippen molar-refractivity contribution in [2.45, 2.75) is 76.5 Å². The molecule has 0 spiro atoms. The van der Waals surface area contributed by atoms with E-state index in [9.17, 15) is 9.59 Å². The van der Waals surface area contributed by atoms with Gasteiger partial charge in [-0.1, -0.05) is 56.5 Å². The van der Waals surface area contributed by atoms with Gasteiger partial charge in [0.2, 0.25) is 0 Å². The van der Waals surface area contributed by atoms with Crippen LogP contribution < -0.4 is 5.56 Å². The quantitative estimate of drug-likeness (QED) is 0.619. The number of benzene rings is 1. The Bertz CT molecular complexity index is 1180. The van der Waals surface area contributed by atoms with Crippen LogP contribution in [0.3, 0.4) is 0 Å². The first-order valence-electron chi connectivity index (χ1n) is 12.1. The smallest absolute Gasteiger partial charge is 0.274 e. The Morgan fingerprint density at radius 3 is 2.70 bits per heavy atom. The van der Waals surface area contributed by atoms with Crippen molar-refractivity contribution in [1.82, 2.24) is 24.5 Å². The average molecular weight is 450 g/mol. The molecule has 1 saturated heterocycles. The lowest BCUT2D eigenvalue weighted by molar-refractivity contribution is -0.167. The van der Waals surface area contributed by atoms with Gasteiger partial charge in [0.1, 0.15) is 5.60 Å². The second-order valence-corrected chi connectivity index (χ2v) is 9.21. The van der Waals surface area contributed by atoms with Gasteiger partial charge in [0, 0.05) is 24.2 Å². The SMILES string of the molecule is CC[C@H]1CCCN1C(=O)C1(OCc2cc(=O)n3[nH]c(-c4ccccc4)nc3n2)CCCCC1. The Labute approximate surface area is 193 Å². The van der Waals surface area contributed by atoms with Gasteiger partial charge < -0.3 is 9.64 Å². The zero-order valence-corrected chi connectivity index (χ0v) is 19.1. The van der Waals surface area contributed by atoms with Crippen LogP contribution in [0, 0.1) is 0 Å². The molecule has 2 aromatic heterocycles. The number of nitrogens with zero attached hydrogens (tertiary/aromatic N) is 4. The normalized spacial score (nSPS) is 20.4. The molecule has 0 bridgehead atoms. The van der Waals surface area contributed by atoms with Crippen molar-refractivity contribution in [3.63, 3.8) is 0 Å². The van der Waals surface area contributed by atoms with E-state index >= 15 is 0 Å². The van der Waals surface area contributed by atoms with Crippen LogP contribution in [0.4, 0.5) is 0 Å². The molecule has 174 valence electrons. The molecule has 2 fully saturated rings. The van der Waals surface area contributed by atoms with Crippen LogP contribution in [0.15, 0.2) is 41.2 Å². The lowest BCUT2D eigenvalue weighted by Gasteiger charge is -2.40. The number of amides is 1. The van der Waals surface area contributed by atoms with Gasteiger partial charge in [-0.15, -0.1) is 0 Å². The van der Waals surface area contributed by atoms with E-state index in [0.717, 1.165) is 63.5 Å². The summed E-state index contributed by atoms with van der Waals surface area (Å²) in [5, 5.41) is 3.02. The van der Waals surface area contributed by atoms with Crippen LogP contribution in [0.5, 0.6) is 0 Å². The van der Waals surface area contributed by atoms with Gasteiger partial charge in [0.05, 0.1) is 12.3 Å². The Kier molecular flexibility index (Phi) is 6.01. The molecule has 3 heterocycles.